The summed E-state index contributed by atoms with van der Waals surface area (Å²) in [6.07, 6.45) is -0.120. The highest BCUT2D eigenvalue weighted by molar-refractivity contribution is 5.96. The summed E-state index contributed by atoms with van der Waals surface area (Å²) in [7, 11) is 0. The van der Waals surface area contributed by atoms with Gasteiger partial charge in [-0.2, -0.15) is 0 Å². The van der Waals surface area contributed by atoms with Gasteiger partial charge in [-0.05, 0) is 6.92 Å². The van der Waals surface area contributed by atoms with Crippen LogP contribution in [0.5, 0.6) is 0 Å². The first-order valence-electron chi connectivity index (χ1n) is 4.36. The summed E-state index contributed by atoms with van der Waals surface area (Å²) in [5.41, 5.74) is 0. The lowest BCUT2D eigenvalue weighted by Crippen LogP contribution is -2.56. The summed E-state index contributed by atoms with van der Waals surface area (Å²) in [5.74, 6) is -1.13. The number of carbonyl (C=O) groups is 3. The monoisotopic (exact) mass is 200 g/mol. The second-order valence-electron chi connectivity index (χ2n) is 2.85. The minimum atomic E-state index is -0.796. The van der Waals surface area contributed by atoms with Crippen molar-refractivity contribution < 1.29 is 19.1 Å². The van der Waals surface area contributed by atoms with Crippen molar-refractivity contribution in [1.82, 2.24) is 10.6 Å². The van der Waals surface area contributed by atoms with Gasteiger partial charge in [0.2, 0.25) is 11.8 Å². The third-order valence-electron chi connectivity index (χ3n) is 1.75. The van der Waals surface area contributed by atoms with Crippen LogP contribution in [-0.4, -0.2) is 37.0 Å². The van der Waals surface area contributed by atoms with Crippen molar-refractivity contribution in [3.8, 4) is 0 Å². The molecule has 0 aromatic heterocycles. The molecule has 1 heterocycles. The summed E-state index contributed by atoms with van der Waals surface area (Å²) in [6, 6.07) is -0.796. The quantitative estimate of drug-likeness (QED) is 0.546. The van der Waals surface area contributed by atoms with Gasteiger partial charge >= 0.3 is 5.97 Å². The fourth-order valence-electron chi connectivity index (χ4n) is 1.13. The van der Waals surface area contributed by atoms with Gasteiger partial charge in [0.15, 0.2) is 0 Å². The van der Waals surface area contributed by atoms with Crippen LogP contribution in [0.4, 0.5) is 0 Å². The van der Waals surface area contributed by atoms with Gasteiger partial charge in [0.25, 0.3) is 0 Å². The summed E-state index contributed by atoms with van der Waals surface area (Å²) < 4.78 is 4.66. The molecule has 1 aliphatic heterocycles. The van der Waals surface area contributed by atoms with Crippen molar-refractivity contribution in [1.29, 1.82) is 0 Å². The van der Waals surface area contributed by atoms with Crippen LogP contribution in [0.2, 0.25) is 0 Å². The largest absolute Gasteiger partial charge is 0.466 e. The summed E-state index contributed by atoms with van der Waals surface area (Å²) in [5, 5.41) is 4.77. The van der Waals surface area contributed by atoms with Crippen molar-refractivity contribution >= 4 is 17.8 Å². The van der Waals surface area contributed by atoms with E-state index in [2.05, 4.69) is 15.4 Å². The molecule has 14 heavy (non-hydrogen) atoms. The van der Waals surface area contributed by atoms with E-state index in [0.29, 0.717) is 0 Å². The second kappa shape index (κ2) is 4.59. The van der Waals surface area contributed by atoms with E-state index in [0.717, 1.165) is 0 Å². The number of piperazine rings is 1. The molecule has 2 amide bonds. The molecule has 1 fully saturated rings. The number of rotatable bonds is 3. The minimum absolute atomic E-state index is 0.0296. The van der Waals surface area contributed by atoms with Gasteiger partial charge in [0.05, 0.1) is 19.6 Å². The average Bonchev–Trinajstić information content (AvgIpc) is 2.12. The normalized spacial score (nSPS) is 21.1. The van der Waals surface area contributed by atoms with Crippen LogP contribution in [0, 0.1) is 0 Å². The van der Waals surface area contributed by atoms with E-state index in [-0.39, 0.29) is 31.4 Å². The van der Waals surface area contributed by atoms with Crippen LogP contribution in [0.1, 0.15) is 13.3 Å². The van der Waals surface area contributed by atoms with Crippen LogP contribution in [0.3, 0.4) is 0 Å². The first-order chi connectivity index (χ1) is 6.63. The van der Waals surface area contributed by atoms with Crippen molar-refractivity contribution in [2.75, 3.05) is 13.2 Å². The zero-order chi connectivity index (χ0) is 10.6. The molecule has 0 spiro atoms. The third-order valence-corrected chi connectivity index (χ3v) is 1.75. The highest BCUT2D eigenvalue weighted by Crippen LogP contribution is 1.98. The Hall–Kier alpha value is -1.59. The molecular weight excluding hydrogens is 188 g/mol. The lowest BCUT2D eigenvalue weighted by Gasteiger charge is -2.22. The van der Waals surface area contributed by atoms with Gasteiger partial charge in [0, 0.05) is 0 Å². The molecule has 1 saturated heterocycles. The molecule has 0 bridgehead atoms. The van der Waals surface area contributed by atoms with E-state index in [1.807, 2.05) is 0 Å². The SMILES string of the molecule is CCOC(=O)C[C@H]1NC(=O)CNC1=O. The number of esters is 1. The third kappa shape index (κ3) is 2.72. The number of nitrogens with one attached hydrogen (secondary N) is 2. The van der Waals surface area contributed by atoms with Gasteiger partial charge in [0.1, 0.15) is 6.04 Å². The van der Waals surface area contributed by atoms with Gasteiger partial charge in [-0.15, -0.1) is 0 Å². The Labute approximate surface area is 81.0 Å². The predicted molar refractivity (Wildman–Crippen MR) is 46.2 cm³/mol. The topological polar surface area (TPSA) is 84.5 Å². The smallest absolute Gasteiger partial charge is 0.308 e. The lowest BCUT2D eigenvalue weighted by atomic mass is 10.1. The fraction of sp³-hybridized carbons (Fsp3) is 0.625. The fourth-order valence-corrected chi connectivity index (χ4v) is 1.13. The van der Waals surface area contributed by atoms with E-state index in [9.17, 15) is 14.4 Å². The molecule has 1 aliphatic rings. The van der Waals surface area contributed by atoms with Crippen molar-refractivity contribution in [2.24, 2.45) is 0 Å². The molecule has 78 valence electrons. The average molecular weight is 200 g/mol. The van der Waals surface area contributed by atoms with Crippen LogP contribution < -0.4 is 10.6 Å². The van der Waals surface area contributed by atoms with Crippen molar-refractivity contribution in [2.45, 2.75) is 19.4 Å². The van der Waals surface area contributed by atoms with Gasteiger partial charge in [-0.3, -0.25) is 14.4 Å². The van der Waals surface area contributed by atoms with E-state index < -0.39 is 12.0 Å². The van der Waals surface area contributed by atoms with Gasteiger partial charge < -0.3 is 15.4 Å². The maximum atomic E-state index is 11.1. The van der Waals surface area contributed by atoms with E-state index in [4.69, 9.17) is 0 Å². The van der Waals surface area contributed by atoms with Gasteiger partial charge in [-0.25, -0.2) is 0 Å². The van der Waals surface area contributed by atoms with Crippen LogP contribution in [0.15, 0.2) is 0 Å². The summed E-state index contributed by atoms with van der Waals surface area (Å²) in [4.78, 5) is 33.0. The van der Waals surface area contributed by atoms with Crippen molar-refractivity contribution in [3.63, 3.8) is 0 Å². The van der Waals surface area contributed by atoms with Gasteiger partial charge in [-0.1, -0.05) is 0 Å². The maximum Gasteiger partial charge on any atom is 0.308 e. The number of amides is 2. The molecule has 1 rings (SSSR count). The molecule has 6 heteroatoms. The molecule has 0 radical (unpaired) electrons. The van der Waals surface area contributed by atoms with E-state index in [1.54, 1.807) is 6.92 Å². The molecule has 0 saturated carbocycles. The molecule has 0 aromatic rings. The summed E-state index contributed by atoms with van der Waals surface area (Å²) in [6.45, 7) is 1.91. The van der Waals surface area contributed by atoms with E-state index >= 15 is 0 Å². The maximum absolute atomic E-state index is 11.1. The predicted octanol–water partition coefficient (Wildman–Crippen LogP) is -1.45. The Morgan fingerprint density at radius 1 is 1.57 bits per heavy atom. The second-order valence-corrected chi connectivity index (χ2v) is 2.85. The van der Waals surface area contributed by atoms with Crippen LogP contribution >= 0.6 is 0 Å². The van der Waals surface area contributed by atoms with Crippen LogP contribution in [0.25, 0.3) is 0 Å². The first-order valence-corrected chi connectivity index (χ1v) is 4.36. The molecule has 6 nitrogen and oxygen atoms in total. The highest BCUT2D eigenvalue weighted by atomic mass is 16.5. The zero-order valence-corrected chi connectivity index (χ0v) is 7.83. The minimum Gasteiger partial charge on any atom is -0.466 e. The number of ether oxygens (including phenoxy) is 1. The van der Waals surface area contributed by atoms with Crippen LogP contribution in [-0.2, 0) is 19.1 Å². The molecule has 1 atom stereocenters. The Balaban J connectivity index is 2.45. The Kier molecular flexibility index (Phi) is 3.44. The van der Waals surface area contributed by atoms with E-state index in [1.165, 1.54) is 0 Å². The van der Waals surface area contributed by atoms with Crippen molar-refractivity contribution in [3.05, 3.63) is 0 Å². The molecular formula is C8H12N2O4. The standard InChI is InChI=1S/C8H12N2O4/c1-2-14-7(12)3-5-8(13)9-4-6(11)10-5/h5H,2-4H2,1H3,(H,9,13)(H,10,11)/t5-/m1/s1. The lowest BCUT2D eigenvalue weighted by molar-refractivity contribution is -0.146. The first kappa shape index (κ1) is 10.5. The number of hydrogen-bond donors (Lipinski definition) is 2. The number of carbonyl (C=O) groups excluding carboxylic acids is 3. The number of hydrogen-bond acceptors (Lipinski definition) is 4. The Morgan fingerprint density at radius 2 is 2.29 bits per heavy atom. The summed E-state index contributed by atoms with van der Waals surface area (Å²) >= 11 is 0. The highest BCUT2D eigenvalue weighted by Gasteiger charge is 2.28. The molecule has 2 N–H and O–H groups in total. The molecule has 0 aliphatic carbocycles. The molecule has 0 unspecified atom stereocenters. The Bertz CT molecular complexity index is 264. The molecule has 0 aromatic carbocycles. The zero-order valence-electron chi connectivity index (χ0n) is 7.83. The Morgan fingerprint density at radius 3 is 2.93 bits per heavy atom.